The molecule has 0 aliphatic carbocycles. The Balaban J connectivity index is 1.64. The predicted octanol–water partition coefficient (Wildman–Crippen LogP) is 2.41. The summed E-state index contributed by atoms with van der Waals surface area (Å²) in [6.07, 6.45) is 2.77. The van der Waals surface area contributed by atoms with Crippen molar-refractivity contribution in [3.05, 3.63) is 52.3 Å². The largest absolute Gasteiger partial charge is 0.383 e. The van der Waals surface area contributed by atoms with Crippen molar-refractivity contribution < 1.29 is 9.53 Å². The van der Waals surface area contributed by atoms with E-state index >= 15 is 0 Å². The highest BCUT2D eigenvalue weighted by molar-refractivity contribution is 5.78. The van der Waals surface area contributed by atoms with E-state index in [0.717, 1.165) is 47.9 Å². The summed E-state index contributed by atoms with van der Waals surface area (Å²) in [7, 11) is 3.61. The van der Waals surface area contributed by atoms with Gasteiger partial charge in [0.2, 0.25) is 5.91 Å². The molecule has 1 saturated heterocycles. The number of nitrogens with zero attached hydrogens (tertiary/aromatic N) is 3. The topological polar surface area (TPSA) is 59.4 Å². The Morgan fingerprint density at radius 1 is 1.28 bits per heavy atom. The van der Waals surface area contributed by atoms with E-state index in [0.29, 0.717) is 26.1 Å². The van der Waals surface area contributed by atoms with E-state index in [-0.39, 0.29) is 5.91 Å². The smallest absolute Gasteiger partial charge is 0.227 e. The Morgan fingerprint density at radius 3 is 2.59 bits per heavy atom. The molecule has 3 rings (SSSR count). The molecule has 6 heteroatoms. The first-order chi connectivity index (χ1) is 14.0. The van der Waals surface area contributed by atoms with Gasteiger partial charge in [-0.15, -0.1) is 0 Å². The highest BCUT2D eigenvalue weighted by atomic mass is 16.5. The maximum atomic E-state index is 13.1. The van der Waals surface area contributed by atoms with Crippen LogP contribution in [0.3, 0.4) is 0 Å². The van der Waals surface area contributed by atoms with Crippen molar-refractivity contribution in [3.8, 4) is 0 Å². The number of nitrogens with one attached hydrogen (secondary N) is 1. The van der Waals surface area contributed by atoms with Crippen LogP contribution in [0.15, 0.2) is 24.3 Å². The fourth-order valence-electron chi connectivity index (χ4n) is 4.03. The van der Waals surface area contributed by atoms with Crippen LogP contribution in [0.4, 0.5) is 0 Å². The molecule has 1 fully saturated rings. The fraction of sp³-hybridized carbons (Fsp3) is 0.565. The van der Waals surface area contributed by atoms with Crippen LogP contribution in [0, 0.1) is 19.8 Å². The van der Waals surface area contributed by atoms with Crippen molar-refractivity contribution in [2.45, 2.75) is 39.7 Å². The van der Waals surface area contributed by atoms with Crippen LogP contribution in [-0.4, -0.2) is 53.9 Å². The zero-order valence-electron chi connectivity index (χ0n) is 18.2. The molecule has 1 aliphatic heterocycles. The molecule has 1 N–H and O–H groups in total. The molecular formula is C23H34N4O2. The van der Waals surface area contributed by atoms with Crippen LogP contribution in [0.2, 0.25) is 0 Å². The molecular weight excluding hydrogens is 364 g/mol. The van der Waals surface area contributed by atoms with Crippen molar-refractivity contribution in [1.82, 2.24) is 20.0 Å². The third-order valence-electron chi connectivity index (χ3n) is 5.99. The summed E-state index contributed by atoms with van der Waals surface area (Å²) in [6, 6.07) is 8.56. The van der Waals surface area contributed by atoms with Gasteiger partial charge in [0.05, 0.1) is 18.7 Å². The quantitative estimate of drug-likeness (QED) is 0.705. The number of methoxy groups -OCH3 is 1. The summed E-state index contributed by atoms with van der Waals surface area (Å²) in [6.45, 7) is 7.97. The third kappa shape index (κ3) is 5.67. The average molecular weight is 399 g/mol. The molecule has 158 valence electrons. The maximum Gasteiger partial charge on any atom is 0.227 e. The van der Waals surface area contributed by atoms with Crippen molar-refractivity contribution in [2.75, 3.05) is 33.4 Å². The van der Waals surface area contributed by atoms with Gasteiger partial charge >= 0.3 is 0 Å². The van der Waals surface area contributed by atoms with Crippen molar-refractivity contribution >= 4 is 5.91 Å². The molecule has 0 spiro atoms. The van der Waals surface area contributed by atoms with Gasteiger partial charge in [0.15, 0.2) is 0 Å². The van der Waals surface area contributed by atoms with E-state index in [9.17, 15) is 4.79 Å². The Hall–Kier alpha value is -2.18. The van der Waals surface area contributed by atoms with Crippen LogP contribution in [0.25, 0.3) is 0 Å². The van der Waals surface area contributed by atoms with Crippen molar-refractivity contribution in [3.63, 3.8) is 0 Å². The van der Waals surface area contributed by atoms with Gasteiger partial charge in [0, 0.05) is 38.5 Å². The van der Waals surface area contributed by atoms with Crippen LogP contribution in [-0.2, 0) is 36.0 Å². The number of aryl methyl sites for hydroxylation is 2. The zero-order chi connectivity index (χ0) is 20.8. The molecule has 0 bridgehead atoms. The molecule has 1 aliphatic rings. The first kappa shape index (κ1) is 21.5. The maximum absolute atomic E-state index is 13.1. The van der Waals surface area contributed by atoms with E-state index in [1.54, 1.807) is 7.11 Å². The second-order valence-electron chi connectivity index (χ2n) is 8.14. The Labute approximate surface area is 174 Å². The van der Waals surface area contributed by atoms with Crippen LogP contribution >= 0.6 is 0 Å². The zero-order valence-corrected chi connectivity index (χ0v) is 18.2. The van der Waals surface area contributed by atoms with E-state index in [2.05, 4.69) is 34.7 Å². The van der Waals surface area contributed by atoms with Gasteiger partial charge in [0.25, 0.3) is 0 Å². The minimum Gasteiger partial charge on any atom is -0.383 e. The van der Waals surface area contributed by atoms with Crippen molar-refractivity contribution in [2.24, 2.45) is 13.0 Å². The first-order valence-corrected chi connectivity index (χ1v) is 10.5. The minimum absolute atomic E-state index is 0.123. The highest BCUT2D eigenvalue weighted by Crippen LogP contribution is 2.18. The number of amides is 1. The molecule has 1 atom stereocenters. The lowest BCUT2D eigenvalue weighted by atomic mass is 9.97. The monoisotopic (exact) mass is 398 g/mol. The SMILES string of the molecule is COCCN(Cc1c(C)nn(C)c1C)C(=O)Cc1ccc(CC2CCNC2)cc1. The molecule has 0 saturated carbocycles. The number of ether oxygens (including phenoxy) is 1. The molecule has 1 unspecified atom stereocenters. The predicted molar refractivity (Wildman–Crippen MR) is 115 cm³/mol. The number of benzene rings is 1. The first-order valence-electron chi connectivity index (χ1n) is 10.5. The summed E-state index contributed by atoms with van der Waals surface area (Å²) in [4.78, 5) is 14.9. The van der Waals surface area contributed by atoms with Gasteiger partial charge in [0.1, 0.15) is 0 Å². The van der Waals surface area contributed by atoms with E-state index in [1.165, 1.54) is 12.0 Å². The Kier molecular flexibility index (Phi) is 7.45. The minimum atomic E-state index is 0.123. The number of hydrogen-bond acceptors (Lipinski definition) is 4. The molecule has 1 aromatic heterocycles. The van der Waals surface area contributed by atoms with Gasteiger partial charge in [-0.25, -0.2) is 0 Å². The third-order valence-corrected chi connectivity index (χ3v) is 5.99. The summed E-state index contributed by atoms with van der Waals surface area (Å²) in [5, 5.41) is 7.90. The van der Waals surface area contributed by atoms with E-state index < -0.39 is 0 Å². The molecule has 29 heavy (non-hydrogen) atoms. The lowest BCUT2D eigenvalue weighted by Crippen LogP contribution is -2.35. The number of carbonyl (C=O) groups excluding carboxylic acids is 1. The normalized spacial score (nSPS) is 16.3. The van der Waals surface area contributed by atoms with Crippen LogP contribution in [0.5, 0.6) is 0 Å². The van der Waals surface area contributed by atoms with Gasteiger partial charge in [-0.1, -0.05) is 24.3 Å². The Bertz CT molecular complexity index is 807. The summed E-state index contributed by atoms with van der Waals surface area (Å²) < 4.78 is 7.11. The van der Waals surface area contributed by atoms with Gasteiger partial charge < -0.3 is 15.0 Å². The molecule has 1 amide bonds. The number of aromatic nitrogens is 2. The van der Waals surface area contributed by atoms with E-state index in [4.69, 9.17) is 4.74 Å². The standard InChI is InChI=1S/C23H34N4O2/c1-17-22(18(2)26(3)25-17)16-27(11-12-29-4)23(28)14-20-7-5-19(6-8-20)13-21-9-10-24-15-21/h5-8,21,24H,9-16H2,1-4H3. The summed E-state index contributed by atoms with van der Waals surface area (Å²) >= 11 is 0. The Morgan fingerprint density at radius 2 is 2.00 bits per heavy atom. The molecule has 2 aromatic rings. The van der Waals surface area contributed by atoms with Crippen molar-refractivity contribution in [1.29, 1.82) is 0 Å². The second-order valence-corrected chi connectivity index (χ2v) is 8.14. The number of carbonyl (C=O) groups is 1. The number of rotatable bonds is 9. The lowest BCUT2D eigenvalue weighted by molar-refractivity contribution is -0.131. The molecule has 6 nitrogen and oxygen atoms in total. The molecule has 1 aromatic carbocycles. The lowest BCUT2D eigenvalue weighted by Gasteiger charge is -2.23. The van der Waals surface area contributed by atoms with Gasteiger partial charge in [-0.05, 0) is 56.8 Å². The fourth-order valence-corrected chi connectivity index (χ4v) is 4.03. The second kappa shape index (κ2) is 10.0. The number of hydrogen-bond donors (Lipinski definition) is 1. The highest BCUT2D eigenvalue weighted by Gasteiger charge is 2.19. The average Bonchev–Trinajstić information content (AvgIpc) is 3.29. The molecule has 0 radical (unpaired) electrons. The summed E-state index contributed by atoms with van der Waals surface area (Å²) in [5.74, 6) is 0.857. The van der Waals surface area contributed by atoms with Gasteiger partial charge in [-0.3, -0.25) is 9.48 Å². The van der Waals surface area contributed by atoms with E-state index in [1.807, 2.05) is 30.5 Å². The van der Waals surface area contributed by atoms with Crippen LogP contribution < -0.4 is 5.32 Å². The molecule has 2 heterocycles. The van der Waals surface area contributed by atoms with Crippen LogP contribution in [0.1, 0.15) is 34.5 Å². The van der Waals surface area contributed by atoms with Gasteiger partial charge in [-0.2, -0.15) is 5.10 Å². The summed E-state index contributed by atoms with van der Waals surface area (Å²) in [5.41, 5.74) is 5.62.